The number of aromatic nitrogens is 2. The van der Waals surface area contributed by atoms with E-state index in [-0.39, 0.29) is 18.1 Å². The molecular weight excluding hydrogens is 218 g/mol. The van der Waals surface area contributed by atoms with Gasteiger partial charge in [0.05, 0.1) is 5.92 Å². The minimum atomic E-state index is 0.0346. The lowest BCUT2D eigenvalue weighted by Gasteiger charge is -2.25. The van der Waals surface area contributed by atoms with Crippen LogP contribution in [0.3, 0.4) is 0 Å². The first-order valence-corrected chi connectivity index (χ1v) is 6.55. The van der Waals surface area contributed by atoms with Gasteiger partial charge in [0, 0.05) is 12.6 Å². The van der Waals surface area contributed by atoms with Crippen molar-refractivity contribution < 1.29 is 9.26 Å². The Morgan fingerprint density at radius 1 is 1.12 bits per heavy atom. The Balaban J connectivity index is 1.74. The Bertz CT molecular complexity index is 374. The first kappa shape index (κ1) is 11.2. The van der Waals surface area contributed by atoms with Gasteiger partial charge in [-0.3, -0.25) is 0 Å². The molecular formula is C12H19N3O2. The van der Waals surface area contributed by atoms with Gasteiger partial charge in [0.1, 0.15) is 6.10 Å². The van der Waals surface area contributed by atoms with Crippen molar-refractivity contribution in [3.63, 3.8) is 0 Å². The number of ether oxygens (including phenoxy) is 1. The van der Waals surface area contributed by atoms with Crippen molar-refractivity contribution in [1.82, 2.24) is 10.1 Å². The number of nitrogens with two attached hydrogens (primary N) is 1. The summed E-state index contributed by atoms with van der Waals surface area (Å²) in [6.45, 7) is 0.803. The van der Waals surface area contributed by atoms with Crippen LogP contribution in [0.25, 0.3) is 0 Å². The van der Waals surface area contributed by atoms with Crippen LogP contribution in [0.15, 0.2) is 4.52 Å². The maximum Gasteiger partial charge on any atom is 0.231 e. The van der Waals surface area contributed by atoms with Crippen LogP contribution in [-0.4, -0.2) is 22.8 Å². The molecule has 2 fully saturated rings. The van der Waals surface area contributed by atoms with E-state index in [4.69, 9.17) is 15.0 Å². The van der Waals surface area contributed by atoms with Crippen molar-refractivity contribution in [3.05, 3.63) is 11.7 Å². The number of hydrogen-bond acceptors (Lipinski definition) is 5. The molecule has 5 heteroatoms. The van der Waals surface area contributed by atoms with E-state index in [1.165, 1.54) is 12.8 Å². The second-order valence-electron chi connectivity index (χ2n) is 5.05. The van der Waals surface area contributed by atoms with E-state index in [2.05, 4.69) is 10.1 Å². The lowest BCUT2D eigenvalue weighted by molar-refractivity contribution is 0.103. The molecule has 3 atom stereocenters. The topological polar surface area (TPSA) is 74.2 Å². The van der Waals surface area contributed by atoms with E-state index < -0.39 is 0 Å². The van der Waals surface area contributed by atoms with E-state index >= 15 is 0 Å². The molecule has 17 heavy (non-hydrogen) atoms. The molecule has 3 unspecified atom stereocenters. The smallest absolute Gasteiger partial charge is 0.231 e. The lowest BCUT2D eigenvalue weighted by Crippen LogP contribution is -2.31. The second kappa shape index (κ2) is 4.74. The van der Waals surface area contributed by atoms with Gasteiger partial charge < -0.3 is 15.0 Å². The first-order valence-electron chi connectivity index (χ1n) is 6.55. The summed E-state index contributed by atoms with van der Waals surface area (Å²) in [5.74, 6) is 1.66. The van der Waals surface area contributed by atoms with Crippen LogP contribution < -0.4 is 5.73 Å². The van der Waals surface area contributed by atoms with E-state index in [0.717, 1.165) is 32.3 Å². The van der Waals surface area contributed by atoms with Crippen molar-refractivity contribution >= 4 is 0 Å². The molecule has 0 aromatic carbocycles. The summed E-state index contributed by atoms with van der Waals surface area (Å²) in [5.41, 5.74) is 6.11. The zero-order valence-corrected chi connectivity index (χ0v) is 9.97. The molecule has 0 bridgehead atoms. The summed E-state index contributed by atoms with van der Waals surface area (Å²) < 4.78 is 10.9. The van der Waals surface area contributed by atoms with Crippen LogP contribution in [0.2, 0.25) is 0 Å². The highest BCUT2D eigenvalue weighted by Gasteiger charge is 2.30. The highest BCUT2D eigenvalue weighted by Crippen LogP contribution is 2.33. The van der Waals surface area contributed by atoms with Crippen molar-refractivity contribution in [3.8, 4) is 0 Å². The minimum absolute atomic E-state index is 0.0346. The van der Waals surface area contributed by atoms with Crippen LogP contribution >= 0.6 is 0 Å². The Labute approximate surface area is 101 Å². The molecule has 1 aromatic rings. The predicted octanol–water partition coefficient (Wildman–Crippen LogP) is 1.91. The summed E-state index contributed by atoms with van der Waals surface area (Å²) >= 11 is 0. The van der Waals surface area contributed by atoms with Gasteiger partial charge in [-0.25, -0.2) is 0 Å². The quantitative estimate of drug-likeness (QED) is 0.850. The normalized spacial score (nSPS) is 34.1. The summed E-state index contributed by atoms with van der Waals surface area (Å²) in [6.07, 6.45) is 6.65. The molecule has 1 aliphatic carbocycles. The molecule has 0 radical (unpaired) electrons. The van der Waals surface area contributed by atoms with Gasteiger partial charge in [-0.15, -0.1) is 0 Å². The van der Waals surface area contributed by atoms with Crippen LogP contribution in [0.1, 0.15) is 62.3 Å². The molecule has 1 saturated carbocycles. The number of hydrogen-bond donors (Lipinski definition) is 1. The van der Waals surface area contributed by atoms with E-state index in [1.54, 1.807) is 0 Å². The molecule has 2 N–H and O–H groups in total. The second-order valence-corrected chi connectivity index (χ2v) is 5.05. The monoisotopic (exact) mass is 237 g/mol. The molecule has 5 nitrogen and oxygen atoms in total. The molecule has 2 aliphatic rings. The van der Waals surface area contributed by atoms with Crippen LogP contribution in [0, 0.1) is 0 Å². The van der Waals surface area contributed by atoms with Crippen LogP contribution in [-0.2, 0) is 4.74 Å². The third-order valence-corrected chi connectivity index (χ3v) is 3.81. The maximum atomic E-state index is 6.11. The van der Waals surface area contributed by atoms with Crippen molar-refractivity contribution in [1.29, 1.82) is 0 Å². The predicted molar refractivity (Wildman–Crippen MR) is 61.4 cm³/mol. The zero-order valence-electron chi connectivity index (χ0n) is 9.97. The molecule has 1 aliphatic heterocycles. The Hall–Kier alpha value is -0.940. The Morgan fingerprint density at radius 3 is 2.76 bits per heavy atom. The highest BCUT2D eigenvalue weighted by molar-refractivity contribution is 5.02. The zero-order chi connectivity index (χ0) is 11.7. The van der Waals surface area contributed by atoms with Gasteiger partial charge in [0.15, 0.2) is 0 Å². The fraction of sp³-hybridized carbons (Fsp3) is 0.833. The average molecular weight is 237 g/mol. The van der Waals surface area contributed by atoms with Gasteiger partial charge >= 0.3 is 0 Å². The van der Waals surface area contributed by atoms with Gasteiger partial charge in [0.2, 0.25) is 11.7 Å². The number of rotatable bonds is 2. The number of nitrogens with zero attached hydrogens (tertiary/aromatic N) is 2. The van der Waals surface area contributed by atoms with Crippen molar-refractivity contribution in [2.24, 2.45) is 5.73 Å². The molecule has 3 rings (SSSR count). The van der Waals surface area contributed by atoms with Gasteiger partial charge in [-0.2, -0.15) is 4.98 Å². The summed E-state index contributed by atoms with van der Waals surface area (Å²) in [6, 6.07) is 0.168. The molecule has 94 valence electrons. The van der Waals surface area contributed by atoms with Crippen molar-refractivity contribution in [2.75, 3.05) is 6.61 Å². The van der Waals surface area contributed by atoms with E-state index in [0.29, 0.717) is 11.7 Å². The summed E-state index contributed by atoms with van der Waals surface area (Å²) in [5, 5.41) is 4.04. The minimum Gasteiger partial charge on any atom is -0.370 e. The third kappa shape index (κ3) is 2.21. The Kier molecular flexibility index (Phi) is 3.11. The highest BCUT2D eigenvalue weighted by atomic mass is 16.5. The van der Waals surface area contributed by atoms with Gasteiger partial charge in [0.25, 0.3) is 0 Å². The molecule has 1 saturated heterocycles. The molecule has 0 amide bonds. The largest absolute Gasteiger partial charge is 0.370 e. The fourth-order valence-corrected chi connectivity index (χ4v) is 2.78. The SMILES string of the molecule is NC1CCCCC1c1nc(C2CCCO2)no1. The van der Waals surface area contributed by atoms with E-state index in [9.17, 15) is 0 Å². The lowest BCUT2D eigenvalue weighted by atomic mass is 9.85. The van der Waals surface area contributed by atoms with Crippen molar-refractivity contribution in [2.45, 2.75) is 56.6 Å². The first-order chi connectivity index (χ1) is 8.34. The Morgan fingerprint density at radius 2 is 2.00 bits per heavy atom. The van der Waals surface area contributed by atoms with Crippen LogP contribution in [0.4, 0.5) is 0 Å². The average Bonchev–Trinajstić information content (AvgIpc) is 3.00. The standard InChI is InChI=1S/C12H19N3O2/c13-9-5-2-1-4-8(9)12-14-11(15-17-12)10-6-3-7-16-10/h8-10H,1-7,13H2. The summed E-state index contributed by atoms with van der Waals surface area (Å²) in [4.78, 5) is 4.48. The fourth-order valence-electron chi connectivity index (χ4n) is 2.78. The van der Waals surface area contributed by atoms with Crippen LogP contribution in [0.5, 0.6) is 0 Å². The third-order valence-electron chi connectivity index (χ3n) is 3.81. The van der Waals surface area contributed by atoms with Gasteiger partial charge in [-0.1, -0.05) is 18.0 Å². The molecule has 1 aromatic heterocycles. The maximum absolute atomic E-state index is 6.11. The molecule has 0 spiro atoms. The summed E-state index contributed by atoms with van der Waals surface area (Å²) in [7, 11) is 0. The molecule has 2 heterocycles. The van der Waals surface area contributed by atoms with E-state index in [1.807, 2.05) is 0 Å². The van der Waals surface area contributed by atoms with Gasteiger partial charge in [-0.05, 0) is 25.7 Å².